The predicted molar refractivity (Wildman–Crippen MR) is 83.6 cm³/mol. The number of carboxylic acids is 1. The lowest BCUT2D eigenvalue weighted by Crippen LogP contribution is -2.40. The van der Waals surface area contributed by atoms with Crippen LogP contribution in [0.2, 0.25) is 0 Å². The van der Waals surface area contributed by atoms with E-state index >= 15 is 0 Å². The molecule has 0 fully saturated rings. The average molecular weight is 287 g/mol. The first-order valence-electron chi connectivity index (χ1n) is 7.05. The van der Waals surface area contributed by atoms with Crippen LogP contribution in [0.4, 0.5) is 0 Å². The van der Waals surface area contributed by atoms with Gasteiger partial charge in [0.15, 0.2) is 0 Å². The summed E-state index contributed by atoms with van der Waals surface area (Å²) in [5.41, 5.74) is 0.988. The van der Waals surface area contributed by atoms with Crippen molar-refractivity contribution in [1.82, 2.24) is 5.32 Å². The topological polar surface area (TPSA) is 58.6 Å². The number of methoxy groups -OCH3 is 1. The monoisotopic (exact) mass is 287 g/mol. The Labute approximate surface area is 124 Å². The number of aliphatic carboxylic acids is 1. The number of hydrogen-bond acceptors (Lipinski definition) is 3. The Morgan fingerprint density at radius 1 is 1.24 bits per heavy atom. The van der Waals surface area contributed by atoms with Crippen LogP contribution in [-0.4, -0.2) is 24.2 Å². The largest absolute Gasteiger partial charge is 0.496 e. The lowest BCUT2D eigenvalue weighted by molar-refractivity contribution is -0.140. The maximum absolute atomic E-state index is 11.3. The second kappa shape index (κ2) is 6.59. The minimum atomic E-state index is -0.829. The van der Waals surface area contributed by atoms with Crippen molar-refractivity contribution in [3.63, 3.8) is 0 Å². The van der Waals surface area contributed by atoms with Gasteiger partial charge < -0.3 is 9.84 Å². The van der Waals surface area contributed by atoms with E-state index in [1.807, 2.05) is 50.2 Å². The highest BCUT2D eigenvalue weighted by atomic mass is 16.5. The lowest BCUT2D eigenvalue weighted by atomic mass is 10.0. The molecule has 0 aliphatic carbocycles. The Bertz CT molecular complexity index is 637. The lowest BCUT2D eigenvalue weighted by Gasteiger charge is -2.20. The molecular weight excluding hydrogens is 266 g/mol. The molecule has 1 atom stereocenters. The van der Waals surface area contributed by atoms with Gasteiger partial charge in [0.1, 0.15) is 11.8 Å². The molecule has 0 saturated heterocycles. The van der Waals surface area contributed by atoms with E-state index < -0.39 is 12.0 Å². The SMILES string of the molecule is COc1ccc2ccccc2c1CNC(C(=O)O)C(C)C. The van der Waals surface area contributed by atoms with Crippen molar-refractivity contribution in [2.75, 3.05) is 7.11 Å². The van der Waals surface area contributed by atoms with Gasteiger partial charge in [-0.1, -0.05) is 44.2 Å². The van der Waals surface area contributed by atoms with Crippen molar-refractivity contribution < 1.29 is 14.6 Å². The third-order valence-corrected chi connectivity index (χ3v) is 3.65. The van der Waals surface area contributed by atoms with Gasteiger partial charge in [0, 0.05) is 12.1 Å². The molecule has 0 aromatic heterocycles. The summed E-state index contributed by atoms with van der Waals surface area (Å²) in [7, 11) is 1.63. The van der Waals surface area contributed by atoms with E-state index in [1.165, 1.54) is 0 Å². The quantitative estimate of drug-likeness (QED) is 0.857. The van der Waals surface area contributed by atoms with Gasteiger partial charge in [-0.3, -0.25) is 10.1 Å². The Balaban J connectivity index is 2.34. The first kappa shape index (κ1) is 15.3. The maximum atomic E-state index is 11.3. The van der Waals surface area contributed by atoms with E-state index in [2.05, 4.69) is 5.32 Å². The van der Waals surface area contributed by atoms with E-state index in [0.717, 1.165) is 22.1 Å². The summed E-state index contributed by atoms with van der Waals surface area (Å²) >= 11 is 0. The van der Waals surface area contributed by atoms with Crippen LogP contribution in [0.15, 0.2) is 36.4 Å². The van der Waals surface area contributed by atoms with Crippen molar-refractivity contribution in [1.29, 1.82) is 0 Å². The van der Waals surface area contributed by atoms with Gasteiger partial charge in [-0.05, 0) is 22.8 Å². The van der Waals surface area contributed by atoms with Gasteiger partial charge >= 0.3 is 5.97 Å². The number of hydrogen-bond donors (Lipinski definition) is 2. The number of benzene rings is 2. The zero-order chi connectivity index (χ0) is 15.4. The molecule has 4 heteroatoms. The van der Waals surface area contributed by atoms with Gasteiger partial charge in [-0.2, -0.15) is 0 Å². The van der Waals surface area contributed by atoms with Crippen molar-refractivity contribution >= 4 is 16.7 Å². The molecule has 2 N–H and O–H groups in total. The standard InChI is InChI=1S/C17H21NO3/c1-11(2)16(17(19)20)18-10-14-13-7-5-4-6-12(13)8-9-15(14)21-3/h4-9,11,16,18H,10H2,1-3H3,(H,19,20). The fourth-order valence-electron chi connectivity index (χ4n) is 2.51. The van der Waals surface area contributed by atoms with Gasteiger partial charge in [0.25, 0.3) is 0 Å². The highest BCUT2D eigenvalue weighted by Gasteiger charge is 2.21. The molecule has 0 aliphatic rings. The molecule has 0 saturated carbocycles. The third-order valence-electron chi connectivity index (χ3n) is 3.65. The van der Waals surface area contributed by atoms with E-state index in [1.54, 1.807) is 7.11 Å². The Kier molecular flexibility index (Phi) is 4.81. The molecule has 21 heavy (non-hydrogen) atoms. The van der Waals surface area contributed by atoms with E-state index in [0.29, 0.717) is 6.54 Å². The van der Waals surface area contributed by atoms with E-state index in [-0.39, 0.29) is 5.92 Å². The average Bonchev–Trinajstić information content (AvgIpc) is 2.46. The van der Waals surface area contributed by atoms with Crippen LogP contribution in [0.5, 0.6) is 5.75 Å². The Morgan fingerprint density at radius 3 is 2.57 bits per heavy atom. The molecule has 2 rings (SSSR count). The van der Waals surface area contributed by atoms with Gasteiger partial charge in [-0.25, -0.2) is 0 Å². The summed E-state index contributed by atoms with van der Waals surface area (Å²) in [4.78, 5) is 11.3. The van der Waals surface area contributed by atoms with E-state index in [4.69, 9.17) is 4.74 Å². The van der Waals surface area contributed by atoms with Crippen molar-refractivity contribution in [3.8, 4) is 5.75 Å². The van der Waals surface area contributed by atoms with Crippen LogP contribution in [0.25, 0.3) is 10.8 Å². The van der Waals surface area contributed by atoms with Crippen LogP contribution in [0, 0.1) is 5.92 Å². The van der Waals surface area contributed by atoms with Crippen LogP contribution in [0.3, 0.4) is 0 Å². The third kappa shape index (κ3) is 3.34. The number of fused-ring (bicyclic) bond motifs is 1. The van der Waals surface area contributed by atoms with Crippen molar-refractivity contribution in [2.24, 2.45) is 5.92 Å². The molecule has 0 bridgehead atoms. The molecule has 2 aromatic carbocycles. The fraction of sp³-hybridized carbons (Fsp3) is 0.353. The Morgan fingerprint density at radius 2 is 1.95 bits per heavy atom. The highest BCUT2D eigenvalue weighted by molar-refractivity contribution is 5.87. The van der Waals surface area contributed by atoms with Crippen molar-refractivity contribution in [2.45, 2.75) is 26.4 Å². The van der Waals surface area contributed by atoms with Crippen LogP contribution < -0.4 is 10.1 Å². The van der Waals surface area contributed by atoms with Crippen molar-refractivity contribution in [3.05, 3.63) is 42.0 Å². The first-order chi connectivity index (χ1) is 10.0. The summed E-state index contributed by atoms with van der Waals surface area (Å²) in [5.74, 6) is -0.0400. The molecule has 0 spiro atoms. The summed E-state index contributed by atoms with van der Waals surface area (Å²) in [6, 6.07) is 11.4. The second-order valence-corrected chi connectivity index (χ2v) is 5.41. The number of carbonyl (C=O) groups is 1. The smallest absolute Gasteiger partial charge is 0.320 e. The molecule has 0 amide bonds. The summed E-state index contributed by atoms with van der Waals surface area (Å²) in [6.07, 6.45) is 0. The van der Waals surface area contributed by atoms with Gasteiger partial charge in [0.05, 0.1) is 7.11 Å². The molecule has 0 radical (unpaired) electrons. The first-order valence-corrected chi connectivity index (χ1v) is 7.05. The molecule has 112 valence electrons. The maximum Gasteiger partial charge on any atom is 0.320 e. The number of ether oxygens (including phenoxy) is 1. The summed E-state index contributed by atoms with van der Waals surface area (Å²) in [6.45, 7) is 4.25. The zero-order valence-electron chi connectivity index (χ0n) is 12.6. The van der Waals surface area contributed by atoms with E-state index in [9.17, 15) is 9.90 Å². The fourth-order valence-corrected chi connectivity index (χ4v) is 2.51. The highest BCUT2D eigenvalue weighted by Crippen LogP contribution is 2.28. The molecule has 4 nitrogen and oxygen atoms in total. The number of rotatable bonds is 6. The summed E-state index contributed by atoms with van der Waals surface area (Å²) in [5, 5.41) is 14.6. The minimum Gasteiger partial charge on any atom is -0.496 e. The minimum absolute atomic E-state index is 0.0171. The molecule has 1 unspecified atom stereocenters. The molecular formula is C17H21NO3. The molecule has 0 heterocycles. The summed E-state index contributed by atoms with van der Waals surface area (Å²) < 4.78 is 5.42. The van der Waals surface area contributed by atoms with Crippen LogP contribution in [0.1, 0.15) is 19.4 Å². The zero-order valence-corrected chi connectivity index (χ0v) is 12.6. The normalized spacial score (nSPS) is 12.6. The molecule has 0 aliphatic heterocycles. The number of carboxylic acid groups (broad SMARTS) is 1. The Hall–Kier alpha value is -2.07. The van der Waals surface area contributed by atoms with Crippen LogP contribution in [-0.2, 0) is 11.3 Å². The van der Waals surface area contributed by atoms with Gasteiger partial charge in [-0.15, -0.1) is 0 Å². The van der Waals surface area contributed by atoms with Crippen LogP contribution >= 0.6 is 0 Å². The predicted octanol–water partition coefficient (Wildman–Crippen LogP) is 3.05. The number of nitrogens with one attached hydrogen (secondary N) is 1. The van der Waals surface area contributed by atoms with Gasteiger partial charge in [0.2, 0.25) is 0 Å². The molecule has 2 aromatic rings. The second-order valence-electron chi connectivity index (χ2n) is 5.41.